The van der Waals surface area contributed by atoms with Crippen LogP contribution < -0.4 is 0 Å². The summed E-state index contributed by atoms with van der Waals surface area (Å²) in [6.07, 6.45) is 11.4. The summed E-state index contributed by atoms with van der Waals surface area (Å²) in [4.78, 5) is 0. The maximum absolute atomic E-state index is 11.7. The van der Waals surface area contributed by atoms with Crippen LogP contribution in [0, 0.1) is 0 Å². The van der Waals surface area contributed by atoms with Crippen molar-refractivity contribution in [1.82, 2.24) is 0 Å². The molecule has 0 aromatic rings. The van der Waals surface area contributed by atoms with Gasteiger partial charge in [-0.2, -0.15) is 0 Å². The van der Waals surface area contributed by atoms with Gasteiger partial charge in [-0.1, -0.05) is 67.8 Å². The number of alkyl halides is 1. The SMILES string of the molecule is CCCCCCCCCCS(=O)(=O)CCCCBr. The van der Waals surface area contributed by atoms with Gasteiger partial charge in [0.05, 0.1) is 11.5 Å². The molecule has 0 bridgehead atoms. The second-order valence-corrected chi connectivity index (χ2v) is 8.12. The number of unbranched alkanes of at least 4 members (excludes halogenated alkanes) is 8. The molecule has 0 rings (SSSR count). The molecule has 0 amide bonds. The van der Waals surface area contributed by atoms with Crippen LogP contribution in [-0.4, -0.2) is 25.3 Å². The summed E-state index contributed by atoms with van der Waals surface area (Å²) in [7, 11) is -2.78. The Hall–Kier alpha value is 0.430. The molecule has 0 aliphatic heterocycles. The van der Waals surface area contributed by atoms with Gasteiger partial charge < -0.3 is 0 Å². The zero-order valence-corrected chi connectivity index (χ0v) is 14.2. The lowest BCUT2D eigenvalue weighted by molar-refractivity contribution is 0.571. The average molecular weight is 341 g/mol. The number of rotatable bonds is 13. The van der Waals surface area contributed by atoms with Crippen LogP contribution in [0.3, 0.4) is 0 Å². The lowest BCUT2D eigenvalue weighted by Gasteiger charge is -2.04. The van der Waals surface area contributed by atoms with Crippen LogP contribution in [0.25, 0.3) is 0 Å². The van der Waals surface area contributed by atoms with E-state index in [9.17, 15) is 8.42 Å². The second kappa shape index (κ2) is 12.5. The van der Waals surface area contributed by atoms with Crippen molar-refractivity contribution in [3.05, 3.63) is 0 Å². The molecule has 2 nitrogen and oxygen atoms in total. The van der Waals surface area contributed by atoms with Gasteiger partial charge in [-0.25, -0.2) is 8.42 Å². The number of halogens is 1. The maximum atomic E-state index is 11.7. The quantitative estimate of drug-likeness (QED) is 0.359. The minimum atomic E-state index is -2.78. The molecule has 0 unspecified atom stereocenters. The van der Waals surface area contributed by atoms with E-state index in [1.807, 2.05) is 0 Å². The molecule has 0 aromatic carbocycles. The van der Waals surface area contributed by atoms with Crippen LogP contribution in [0.5, 0.6) is 0 Å². The van der Waals surface area contributed by atoms with Crippen molar-refractivity contribution in [3.8, 4) is 0 Å². The van der Waals surface area contributed by atoms with Crippen LogP contribution >= 0.6 is 15.9 Å². The van der Waals surface area contributed by atoms with E-state index in [-0.39, 0.29) is 0 Å². The smallest absolute Gasteiger partial charge is 0.150 e. The van der Waals surface area contributed by atoms with E-state index in [1.165, 1.54) is 38.5 Å². The Balaban J connectivity index is 3.36. The fraction of sp³-hybridized carbons (Fsp3) is 1.00. The molecule has 0 radical (unpaired) electrons. The first-order valence-corrected chi connectivity index (χ1v) is 10.3. The van der Waals surface area contributed by atoms with E-state index in [0.29, 0.717) is 11.5 Å². The highest BCUT2D eigenvalue weighted by Gasteiger charge is 2.09. The molecule has 0 aromatic heterocycles. The van der Waals surface area contributed by atoms with Gasteiger partial charge >= 0.3 is 0 Å². The molecule has 0 spiro atoms. The summed E-state index contributed by atoms with van der Waals surface area (Å²) in [5.74, 6) is 0.763. The summed E-state index contributed by atoms with van der Waals surface area (Å²) in [6, 6.07) is 0. The van der Waals surface area contributed by atoms with Crippen molar-refractivity contribution in [1.29, 1.82) is 0 Å². The maximum Gasteiger partial charge on any atom is 0.150 e. The Labute approximate surface area is 122 Å². The van der Waals surface area contributed by atoms with Crippen LogP contribution in [-0.2, 0) is 9.84 Å². The van der Waals surface area contributed by atoms with Gasteiger partial charge in [0.2, 0.25) is 0 Å². The van der Waals surface area contributed by atoms with Gasteiger partial charge in [0, 0.05) is 5.33 Å². The third kappa shape index (κ3) is 12.9. The summed E-state index contributed by atoms with van der Waals surface area (Å²) in [5.41, 5.74) is 0. The zero-order chi connectivity index (χ0) is 13.7. The standard InChI is InChI=1S/C14H29BrO2S/c1-2-3-4-5-6-7-8-10-13-18(16,17)14-11-9-12-15/h2-14H2,1H3. The zero-order valence-electron chi connectivity index (χ0n) is 11.8. The first-order chi connectivity index (χ1) is 8.62. The molecular formula is C14H29BrO2S. The molecule has 0 aliphatic rings. The van der Waals surface area contributed by atoms with Gasteiger partial charge in [0.15, 0.2) is 0 Å². The Bertz CT molecular complexity index is 263. The summed E-state index contributed by atoms with van der Waals surface area (Å²) < 4.78 is 23.3. The highest BCUT2D eigenvalue weighted by atomic mass is 79.9. The molecule has 0 fully saturated rings. The van der Waals surface area contributed by atoms with Crippen molar-refractivity contribution in [3.63, 3.8) is 0 Å². The lowest BCUT2D eigenvalue weighted by atomic mass is 10.1. The largest absolute Gasteiger partial charge is 0.229 e. The van der Waals surface area contributed by atoms with Crippen molar-refractivity contribution in [2.75, 3.05) is 16.8 Å². The molecule has 110 valence electrons. The molecule has 0 heterocycles. The first-order valence-electron chi connectivity index (χ1n) is 7.39. The Morgan fingerprint density at radius 2 is 1.17 bits per heavy atom. The van der Waals surface area contributed by atoms with E-state index in [2.05, 4.69) is 22.9 Å². The third-order valence-corrected chi connectivity index (χ3v) is 5.53. The molecule has 0 atom stereocenters. The minimum Gasteiger partial charge on any atom is -0.229 e. The average Bonchev–Trinajstić information content (AvgIpc) is 2.33. The van der Waals surface area contributed by atoms with E-state index < -0.39 is 9.84 Å². The topological polar surface area (TPSA) is 34.1 Å². The van der Waals surface area contributed by atoms with Gasteiger partial charge in [-0.15, -0.1) is 0 Å². The van der Waals surface area contributed by atoms with Gasteiger partial charge in [0.25, 0.3) is 0 Å². The molecule has 0 N–H and O–H groups in total. The molecule has 4 heteroatoms. The van der Waals surface area contributed by atoms with E-state index in [0.717, 1.165) is 31.0 Å². The third-order valence-electron chi connectivity index (χ3n) is 3.15. The predicted octanol–water partition coefficient (Wildman–Crippen LogP) is 4.72. The summed E-state index contributed by atoms with van der Waals surface area (Å²) >= 11 is 3.32. The molecular weight excluding hydrogens is 312 g/mol. The molecule has 0 saturated carbocycles. The molecule has 18 heavy (non-hydrogen) atoms. The summed E-state index contributed by atoms with van der Waals surface area (Å²) in [5, 5.41) is 0.903. The predicted molar refractivity (Wildman–Crippen MR) is 84.3 cm³/mol. The van der Waals surface area contributed by atoms with Crippen LogP contribution in [0.2, 0.25) is 0 Å². The van der Waals surface area contributed by atoms with Crippen LogP contribution in [0.1, 0.15) is 71.1 Å². The highest BCUT2D eigenvalue weighted by molar-refractivity contribution is 9.09. The number of sulfone groups is 1. The summed E-state index contributed by atoms with van der Waals surface area (Å²) in [6.45, 7) is 2.22. The van der Waals surface area contributed by atoms with E-state index in [4.69, 9.17) is 0 Å². The Morgan fingerprint density at radius 1 is 0.722 bits per heavy atom. The normalized spacial score (nSPS) is 11.9. The van der Waals surface area contributed by atoms with Crippen LogP contribution in [0.15, 0.2) is 0 Å². The van der Waals surface area contributed by atoms with E-state index >= 15 is 0 Å². The monoisotopic (exact) mass is 340 g/mol. The Kier molecular flexibility index (Phi) is 12.8. The van der Waals surface area contributed by atoms with Gasteiger partial charge in [0.1, 0.15) is 9.84 Å². The number of hydrogen-bond donors (Lipinski definition) is 0. The molecule has 0 aliphatic carbocycles. The fourth-order valence-electron chi connectivity index (χ4n) is 1.97. The van der Waals surface area contributed by atoms with Crippen molar-refractivity contribution in [2.24, 2.45) is 0 Å². The minimum absolute atomic E-state index is 0.370. The van der Waals surface area contributed by atoms with Crippen molar-refractivity contribution in [2.45, 2.75) is 71.1 Å². The molecule has 0 saturated heterocycles. The van der Waals surface area contributed by atoms with Crippen molar-refractivity contribution >= 4 is 25.8 Å². The first kappa shape index (κ1) is 18.4. The second-order valence-electron chi connectivity index (χ2n) is 5.02. The van der Waals surface area contributed by atoms with Gasteiger partial charge in [-0.3, -0.25) is 0 Å². The van der Waals surface area contributed by atoms with Crippen molar-refractivity contribution < 1.29 is 8.42 Å². The van der Waals surface area contributed by atoms with Gasteiger partial charge in [-0.05, 0) is 19.3 Å². The van der Waals surface area contributed by atoms with Crippen LogP contribution in [0.4, 0.5) is 0 Å². The highest BCUT2D eigenvalue weighted by Crippen LogP contribution is 2.10. The van der Waals surface area contributed by atoms with E-state index in [1.54, 1.807) is 0 Å². The Morgan fingerprint density at radius 3 is 1.67 bits per heavy atom. The fourth-order valence-corrected chi connectivity index (χ4v) is 3.86. The number of hydrogen-bond acceptors (Lipinski definition) is 2. The lowest BCUT2D eigenvalue weighted by Crippen LogP contribution is -2.11.